The Hall–Kier alpha value is -2.61. The van der Waals surface area contributed by atoms with Gasteiger partial charge in [-0.25, -0.2) is 12.8 Å². The molecule has 0 aromatic heterocycles. The lowest BCUT2D eigenvalue weighted by Crippen LogP contribution is -2.50. The lowest BCUT2D eigenvalue weighted by Gasteiger charge is -2.42. The van der Waals surface area contributed by atoms with E-state index >= 15 is 0 Å². The number of nitrogens with zero attached hydrogens (tertiary/aromatic N) is 1. The van der Waals surface area contributed by atoms with E-state index < -0.39 is 27.4 Å². The number of ether oxygens (including phenoxy) is 1. The molecule has 0 saturated heterocycles. The second kappa shape index (κ2) is 7.09. The SMILES string of the molecule is CC(=O)CC(C)(C)[C@H]1CN(S(=O)(=O)c2ccc(F)cc2)c2cc(N)ccc2O1. The smallest absolute Gasteiger partial charge is 0.264 e. The number of anilines is 2. The Balaban J connectivity index is 2.09. The van der Waals surface area contributed by atoms with Crippen LogP contribution in [-0.4, -0.2) is 26.8 Å². The summed E-state index contributed by atoms with van der Waals surface area (Å²) in [5.41, 5.74) is 5.98. The molecule has 0 fully saturated rings. The van der Waals surface area contributed by atoms with Gasteiger partial charge >= 0.3 is 0 Å². The summed E-state index contributed by atoms with van der Waals surface area (Å²) in [6.45, 7) is 5.23. The van der Waals surface area contributed by atoms with E-state index in [1.54, 1.807) is 12.1 Å². The number of carbonyl (C=O) groups is 1. The van der Waals surface area contributed by atoms with Crippen molar-refractivity contribution in [3.8, 4) is 5.75 Å². The number of rotatable bonds is 5. The third-order valence-corrected chi connectivity index (χ3v) is 6.62. The molecule has 1 aliphatic rings. The molecule has 0 amide bonds. The molecule has 1 aliphatic heterocycles. The molecular formula is C20H23FN2O4S. The van der Waals surface area contributed by atoms with E-state index in [1.165, 1.54) is 29.4 Å². The molecule has 150 valence electrons. The van der Waals surface area contributed by atoms with Gasteiger partial charge in [-0.1, -0.05) is 13.8 Å². The van der Waals surface area contributed by atoms with E-state index in [0.29, 0.717) is 17.1 Å². The second-order valence-electron chi connectivity index (χ2n) is 7.69. The largest absolute Gasteiger partial charge is 0.486 e. The summed E-state index contributed by atoms with van der Waals surface area (Å²) >= 11 is 0. The first kappa shape index (κ1) is 20.1. The van der Waals surface area contributed by atoms with E-state index in [-0.39, 0.29) is 23.6 Å². The molecule has 0 spiro atoms. The molecule has 0 radical (unpaired) electrons. The van der Waals surface area contributed by atoms with Gasteiger partial charge in [0.1, 0.15) is 23.5 Å². The van der Waals surface area contributed by atoms with E-state index in [9.17, 15) is 17.6 Å². The Kier molecular flexibility index (Phi) is 5.10. The zero-order valence-electron chi connectivity index (χ0n) is 16.0. The van der Waals surface area contributed by atoms with Crippen molar-refractivity contribution >= 4 is 27.2 Å². The maximum Gasteiger partial charge on any atom is 0.264 e. The zero-order chi connectivity index (χ0) is 20.7. The van der Waals surface area contributed by atoms with Gasteiger partial charge in [0.05, 0.1) is 17.1 Å². The normalized spacial score (nSPS) is 17.0. The Bertz CT molecular complexity index is 1000. The molecule has 2 aromatic carbocycles. The molecule has 0 aliphatic carbocycles. The number of halogens is 1. The van der Waals surface area contributed by atoms with Crippen LogP contribution in [0.5, 0.6) is 5.75 Å². The first-order chi connectivity index (χ1) is 13.0. The fraction of sp³-hybridized carbons (Fsp3) is 0.350. The van der Waals surface area contributed by atoms with Crippen molar-refractivity contribution in [1.82, 2.24) is 0 Å². The van der Waals surface area contributed by atoms with E-state index in [2.05, 4.69) is 0 Å². The Morgan fingerprint density at radius 2 is 1.89 bits per heavy atom. The van der Waals surface area contributed by atoms with Crippen molar-refractivity contribution in [3.63, 3.8) is 0 Å². The summed E-state index contributed by atoms with van der Waals surface area (Å²) < 4.78 is 47.2. The van der Waals surface area contributed by atoms with Gasteiger partial charge < -0.3 is 15.3 Å². The lowest BCUT2D eigenvalue weighted by atomic mass is 9.81. The Morgan fingerprint density at radius 3 is 2.50 bits per heavy atom. The highest BCUT2D eigenvalue weighted by Crippen LogP contribution is 2.42. The maximum absolute atomic E-state index is 13.3. The summed E-state index contributed by atoms with van der Waals surface area (Å²) in [6.07, 6.45) is -0.311. The van der Waals surface area contributed by atoms with Gasteiger partial charge in [-0.2, -0.15) is 0 Å². The van der Waals surface area contributed by atoms with E-state index in [0.717, 1.165) is 12.1 Å². The number of sulfonamides is 1. The van der Waals surface area contributed by atoms with Crippen LogP contribution in [0.3, 0.4) is 0 Å². The average molecular weight is 406 g/mol. The topological polar surface area (TPSA) is 89.7 Å². The van der Waals surface area contributed by atoms with Crippen molar-refractivity contribution in [2.24, 2.45) is 5.41 Å². The fourth-order valence-electron chi connectivity index (χ4n) is 3.39. The first-order valence-corrected chi connectivity index (χ1v) is 10.3. The molecule has 2 N–H and O–H groups in total. The molecule has 0 unspecified atom stereocenters. The standard InChI is InChI=1S/C20H23FN2O4S/c1-13(24)11-20(2,3)19-12-23(17-10-15(22)6-9-18(17)27-19)28(25,26)16-7-4-14(21)5-8-16/h4-10,19H,11-12,22H2,1-3H3/t19-/m1/s1. The number of benzene rings is 2. The highest BCUT2D eigenvalue weighted by molar-refractivity contribution is 7.92. The first-order valence-electron chi connectivity index (χ1n) is 8.84. The monoisotopic (exact) mass is 406 g/mol. The summed E-state index contributed by atoms with van der Waals surface area (Å²) in [5, 5.41) is 0. The molecular weight excluding hydrogens is 383 g/mol. The highest BCUT2D eigenvalue weighted by Gasteiger charge is 2.41. The van der Waals surface area contributed by atoms with Gasteiger partial charge in [0, 0.05) is 17.5 Å². The second-order valence-corrected chi connectivity index (χ2v) is 9.55. The summed E-state index contributed by atoms with van der Waals surface area (Å²) in [7, 11) is -3.98. The zero-order valence-corrected chi connectivity index (χ0v) is 16.8. The Labute approximate surface area is 164 Å². The van der Waals surface area contributed by atoms with Crippen LogP contribution in [0.4, 0.5) is 15.8 Å². The van der Waals surface area contributed by atoms with Crippen molar-refractivity contribution < 1.29 is 22.3 Å². The lowest BCUT2D eigenvalue weighted by molar-refractivity contribution is -0.120. The van der Waals surface area contributed by atoms with Gasteiger partial charge in [0.2, 0.25) is 0 Å². The summed E-state index contributed by atoms with van der Waals surface area (Å²) in [5.74, 6) is -0.163. The van der Waals surface area contributed by atoms with Crippen LogP contribution < -0.4 is 14.8 Å². The number of fused-ring (bicyclic) bond motifs is 1. The quantitative estimate of drug-likeness (QED) is 0.769. The minimum absolute atomic E-state index is 0.00959. The minimum Gasteiger partial charge on any atom is -0.486 e. The van der Waals surface area contributed by atoms with Crippen molar-refractivity contribution in [1.29, 1.82) is 0 Å². The Morgan fingerprint density at radius 1 is 1.25 bits per heavy atom. The van der Waals surface area contributed by atoms with Crippen LogP contribution in [0, 0.1) is 11.2 Å². The van der Waals surface area contributed by atoms with E-state index in [4.69, 9.17) is 10.5 Å². The number of hydrogen-bond donors (Lipinski definition) is 1. The van der Waals surface area contributed by atoms with Crippen molar-refractivity contribution in [2.75, 3.05) is 16.6 Å². The van der Waals surface area contributed by atoms with Crippen molar-refractivity contribution in [2.45, 2.75) is 38.2 Å². The maximum atomic E-state index is 13.3. The van der Waals surface area contributed by atoms with Crippen LogP contribution in [0.15, 0.2) is 47.4 Å². The molecule has 0 saturated carbocycles. The van der Waals surface area contributed by atoms with Gasteiger partial charge in [0.25, 0.3) is 10.0 Å². The van der Waals surface area contributed by atoms with Gasteiger partial charge in [-0.3, -0.25) is 4.31 Å². The minimum atomic E-state index is -3.98. The van der Waals surface area contributed by atoms with Gasteiger partial charge in [-0.15, -0.1) is 0 Å². The van der Waals surface area contributed by atoms with Crippen molar-refractivity contribution in [3.05, 3.63) is 48.3 Å². The van der Waals surface area contributed by atoms with Gasteiger partial charge in [0.15, 0.2) is 0 Å². The number of nitrogens with two attached hydrogens (primary N) is 1. The highest BCUT2D eigenvalue weighted by atomic mass is 32.2. The summed E-state index contributed by atoms with van der Waals surface area (Å²) in [4.78, 5) is 11.6. The number of carbonyl (C=O) groups excluding carboxylic acids is 1. The van der Waals surface area contributed by atoms with Gasteiger partial charge in [-0.05, 0) is 49.4 Å². The van der Waals surface area contributed by atoms with Crippen LogP contribution in [-0.2, 0) is 14.8 Å². The third-order valence-electron chi connectivity index (χ3n) is 4.83. The molecule has 28 heavy (non-hydrogen) atoms. The summed E-state index contributed by atoms with van der Waals surface area (Å²) in [6, 6.07) is 9.43. The third kappa shape index (κ3) is 3.82. The molecule has 2 aromatic rings. The van der Waals surface area contributed by atoms with Crippen LogP contribution in [0.1, 0.15) is 27.2 Å². The number of Topliss-reactive ketones (excluding diaryl/α,β-unsaturated/α-hetero) is 1. The molecule has 6 nitrogen and oxygen atoms in total. The van der Waals surface area contributed by atoms with Crippen LogP contribution in [0.25, 0.3) is 0 Å². The molecule has 3 rings (SSSR count). The predicted molar refractivity (Wildman–Crippen MR) is 105 cm³/mol. The molecule has 1 heterocycles. The molecule has 0 bridgehead atoms. The fourth-order valence-corrected chi connectivity index (χ4v) is 4.86. The number of nitrogen functional groups attached to an aromatic ring is 1. The predicted octanol–water partition coefficient (Wildman–Crippen LogP) is 3.37. The van der Waals surface area contributed by atoms with Crippen LogP contribution >= 0.6 is 0 Å². The molecule has 1 atom stereocenters. The van der Waals surface area contributed by atoms with E-state index in [1.807, 2.05) is 13.8 Å². The molecule has 8 heteroatoms. The number of hydrogen-bond acceptors (Lipinski definition) is 5. The van der Waals surface area contributed by atoms with Crippen LogP contribution in [0.2, 0.25) is 0 Å². The average Bonchev–Trinajstić information content (AvgIpc) is 2.60. The number of ketones is 1.